The van der Waals surface area contributed by atoms with Crippen LogP contribution in [0.3, 0.4) is 0 Å². The van der Waals surface area contributed by atoms with Crippen molar-refractivity contribution >= 4 is 75.1 Å². The van der Waals surface area contributed by atoms with E-state index in [4.69, 9.17) is 16.8 Å². The molecule has 0 bridgehead atoms. The number of hydrogen-bond donors (Lipinski definition) is 0. The van der Waals surface area contributed by atoms with E-state index in [2.05, 4.69) is 206 Å². The van der Waals surface area contributed by atoms with Crippen molar-refractivity contribution in [1.82, 2.24) is 9.38 Å². The summed E-state index contributed by atoms with van der Waals surface area (Å²) in [6.45, 7) is 2.45. The standard InChI is InChI=1S/C58H48N2P2S/c1-39-55(61(45-17-6-2-7-18-45)46-19-8-3-9-20-46)35-34-53-57(39)60-54-38-44(30-32-51(54)56-50-25-15-14-16-40(50)29-33-52(56)58(60)59-53)41-26-27-43-37-49(31-28-42(43)36-41)62(63,47-21-10-4-11-22-47)48-23-12-5-13-24-48/h2-12,14-21,23,25-28,30-32,34-39,47,55H,13,22,24,29,33H2,1H3. The molecule has 5 heteroatoms. The number of nitrogens with zero attached hydrogens (tertiary/aromatic N) is 2. The predicted molar refractivity (Wildman–Crippen MR) is 276 cm³/mol. The van der Waals surface area contributed by atoms with Gasteiger partial charge in [0, 0.05) is 34.2 Å². The van der Waals surface area contributed by atoms with Gasteiger partial charge in [0.2, 0.25) is 0 Å². The van der Waals surface area contributed by atoms with Crippen LogP contribution in [0.4, 0.5) is 0 Å². The van der Waals surface area contributed by atoms with Crippen molar-refractivity contribution in [2.75, 3.05) is 0 Å². The second kappa shape index (κ2) is 15.8. The monoisotopic (exact) mass is 866 g/mol. The summed E-state index contributed by atoms with van der Waals surface area (Å²) < 4.78 is 2.58. The number of fused-ring (bicyclic) bond motifs is 11. The molecule has 0 aliphatic heterocycles. The van der Waals surface area contributed by atoms with Gasteiger partial charge in [0.15, 0.2) is 0 Å². The highest BCUT2D eigenvalue weighted by molar-refractivity contribution is 8.20. The van der Waals surface area contributed by atoms with Gasteiger partial charge in [-0.15, -0.1) is 0 Å². The van der Waals surface area contributed by atoms with Crippen LogP contribution in [-0.4, -0.2) is 20.7 Å². The van der Waals surface area contributed by atoms with E-state index in [0.717, 1.165) is 43.4 Å². The molecule has 0 saturated carbocycles. The summed E-state index contributed by atoms with van der Waals surface area (Å²) in [6, 6.07) is 50.7. The van der Waals surface area contributed by atoms with E-state index in [9.17, 15) is 0 Å². The van der Waals surface area contributed by atoms with Crippen LogP contribution in [-0.2, 0) is 24.6 Å². The normalized spacial score (nSPS) is 19.8. The van der Waals surface area contributed by atoms with E-state index in [-0.39, 0.29) is 5.92 Å². The number of pyridine rings is 1. The summed E-state index contributed by atoms with van der Waals surface area (Å²) >= 11 is 6.85. The lowest BCUT2D eigenvalue weighted by molar-refractivity contribution is 0.744. The third-order valence-electron chi connectivity index (χ3n) is 14.1. The van der Waals surface area contributed by atoms with E-state index in [1.54, 1.807) is 0 Å². The Hall–Kier alpha value is -5.69. The molecule has 2 heterocycles. The Balaban J connectivity index is 1.02. The quantitative estimate of drug-likeness (QED) is 0.149. The Bertz CT molecular complexity index is 3290. The summed E-state index contributed by atoms with van der Waals surface area (Å²) in [5.74, 6) is 0.238. The average Bonchev–Trinajstić information content (AvgIpc) is 3.76. The van der Waals surface area contributed by atoms with Gasteiger partial charge in [-0.05, 0) is 124 Å². The van der Waals surface area contributed by atoms with E-state index >= 15 is 0 Å². The lowest BCUT2D eigenvalue weighted by Crippen LogP contribution is -2.27. The van der Waals surface area contributed by atoms with Crippen molar-refractivity contribution in [3.05, 3.63) is 216 Å². The van der Waals surface area contributed by atoms with Crippen LogP contribution in [0.5, 0.6) is 0 Å². The highest BCUT2D eigenvalue weighted by Gasteiger charge is 2.36. The lowest BCUT2D eigenvalue weighted by Gasteiger charge is -2.34. The van der Waals surface area contributed by atoms with Crippen LogP contribution in [0.1, 0.15) is 54.6 Å². The molecule has 0 spiro atoms. The molecule has 12 rings (SSSR count). The van der Waals surface area contributed by atoms with Crippen molar-refractivity contribution in [2.45, 2.75) is 56.3 Å². The molecule has 4 atom stereocenters. The first-order chi connectivity index (χ1) is 31.0. The molecule has 63 heavy (non-hydrogen) atoms. The second-order valence-corrected chi connectivity index (χ2v) is 24.8. The van der Waals surface area contributed by atoms with Gasteiger partial charge in [0.05, 0.1) is 16.9 Å². The van der Waals surface area contributed by atoms with Gasteiger partial charge in [0.1, 0.15) is 5.65 Å². The third kappa shape index (κ3) is 6.46. The van der Waals surface area contributed by atoms with Crippen LogP contribution >= 0.6 is 14.0 Å². The molecule has 0 saturated heterocycles. The maximum absolute atomic E-state index is 6.85. The first-order valence-corrected chi connectivity index (χ1v) is 26.8. The summed E-state index contributed by atoms with van der Waals surface area (Å²) in [5, 5.41) is 9.41. The Labute approximate surface area is 376 Å². The zero-order valence-corrected chi connectivity index (χ0v) is 38.0. The average molecular weight is 867 g/mol. The molecule has 2 aromatic heterocycles. The molecule has 4 aliphatic rings. The number of allylic oxidation sites excluding steroid dienone is 9. The minimum absolute atomic E-state index is 0.238. The van der Waals surface area contributed by atoms with Crippen molar-refractivity contribution in [3.63, 3.8) is 0 Å². The van der Waals surface area contributed by atoms with Gasteiger partial charge < -0.3 is 0 Å². The van der Waals surface area contributed by atoms with Crippen molar-refractivity contribution in [2.24, 2.45) is 0 Å². The molecule has 0 amide bonds. The lowest BCUT2D eigenvalue weighted by atomic mass is 9.83. The topological polar surface area (TPSA) is 17.3 Å². The van der Waals surface area contributed by atoms with Crippen LogP contribution in [0, 0.1) is 0 Å². The van der Waals surface area contributed by atoms with Crippen molar-refractivity contribution in [1.29, 1.82) is 0 Å². The molecular formula is C58H48N2P2S. The first kappa shape index (κ1) is 38.9. The van der Waals surface area contributed by atoms with E-state index in [0.29, 0.717) is 11.3 Å². The Morgan fingerprint density at radius 1 is 0.698 bits per heavy atom. The zero-order chi connectivity index (χ0) is 42.1. The number of rotatable bonds is 7. The van der Waals surface area contributed by atoms with E-state index in [1.165, 1.54) is 82.0 Å². The van der Waals surface area contributed by atoms with Crippen molar-refractivity contribution in [3.8, 4) is 22.3 Å². The molecule has 6 aromatic carbocycles. The minimum atomic E-state index is -2.04. The number of imidazole rings is 1. The Morgan fingerprint density at radius 2 is 1.44 bits per heavy atom. The molecule has 2 nitrogen and oxygen atoms in total. The Kier molecular flexibility index (Phi) is 9.79. The number of benzene rings is 6. The molecule has 0 fully saturated rings. The summed E-state index contributed by atoms with van der Waals surface area (Å²) in [4.78, 5) is 5.58. The maximum Gasteiger partial charge on any atom is 0.142 e. The van der Waals surface area contributed by atoms with Crippen LogP contribution in [0.2, 0.25) is 0 Å². The molecule has 8 aromatic rings. The van der Waals surface area contributed by atoms with E-state index in [1.807, 2.05) is 0 Å². The molecule has 4 unspecified atom stereocenters. The number of aromatic nitrogens is 2. The van der Waals surface area contributed by atoms with Gasteiger partial charge >= 0.3 is 0 Å². The summed E-state index contributed by atoms with van der Waals surface area (Å²) in [7, 11) is -0.679. The maximum atomic E-state index is 6.85. The molecular weight excluding hydrogens is 819 g/mol. The number of hydrogen-bond acceptors (Lipinski definition) is 2. The fraction of sp³-hybridized carbons (Fsp3) is 0.155. The van der Waals surface area contributed by atoms with Gasteiger partial charge in [-0.3, -0.25) is 4.40 Å². The largest absolute Gasteiger partial charge is 0.295 e. The van der Waals surface area contributed by atoms with Gasteiger partial charge in [-0.1, -0.05) is 189 Å². The highest BCUT2D eigenvalue weighted by atomic mass is 32.4. The molecule has 4 aliphatic carbocycles. The fourth-order valence-electron chi connectivity index (χ4n) is 11.0. The van der Waals surface area contributed by atoms with Crippen LogP contribution < -0.4 is 15.9 Å². The van der Waals surface area contributed by atoms with Crippen LogP contribution in [0.15, 0.2) is 193 Å². The minimum Gasteiger partial charge on any atom is -0.295 e. The Morgan fingerprint density at radius 3 is 2.22 bits per heavy atom. The van der Waals surface area contributed by atoms with Gasteiger partial charge in [-0.2, -0.15) is 0 Å². The number of aryl methyl sites for hydroxylation is 2. The second-order valence-electron chi connectivity index (χ2n) is 17.6. The smallest absolute Gasteiger partial charge is 0.142 e. The molecule has 0 N–H and O–H groups in total. The van der Waals surface area contributed by atoms with Gasteiger partial charge in [-0.25, -0.2) is 4.98 Å². The SMILES string of the molecule is CC1c2c(nc3c4c(c5ccc(-c6ccc7cc(P(=S)(C8=CC=CCC8)C8C=CC=CC8)ccc7c6)cc5n23)-c2ccccc2CC4)C=CC1P(c1ccccc1)c1ccccc1. The van der Waals surface area contributed by atoms with Gasteiger partial charge in [0.25, 0.3) is 0 Å². The molecule has 306 valence electrons. The predicted octanol–water partition coefficient (Wildman–Crippen LogP) is 13.9. The summed E-state index contributed by atoms with van der Waals surface area (Å²) in [6.07, 6.45) is 25.8. The zero-order valence-electron chi connectivity index (χ0n) is 35.4. The third-order valence-corrected chi connectivity index (χ3v) is 22.8. The highest BCUT2D eigenvalue weighted by Crippen LogP contribution is 2.62. The van der Waals surface area contributed by atoms with E-state index < -0.39 is 14.0 Å². The molecule has 0 radical (unpaired) electrons. The first-order valence-electron chi connectivity index (χ1n) is 22.6. The van der Waals surface area contributed by atoms with Crippen molar-refractivity contribution < 1.29 is 0 Å². The fourth-order valence-corrected chi connectivity index (χ4v) is 18.4. The summed E-state index contributed by atoms with van der Waals surface area (Å²) in [5.41, 5.74) is 13.4. The van der Waals surface area contributed by atoms with Crippen LogP contribution in [0.25, 0.3) is 55.7 Å².